The average molecular weight is 222 g/mol. The van der Waals surface area contributed by atoms with Gasteiger partial charge in [-0.05, 0) is 11.6 Å². The molecule has 4 N–H and O–H groups in total. The van der Waals surface area contributed by atoms with Gasteiger partial charge in [0.2, 0.25) is 11.8 Å². The number of aromatic nitrogens is 1. The predicted octanol–water partition coefficient (Wildman–Crippen LogP) is -1.28. The van der Waals surface area contributed by atoms with Crippen molar-refractivity contribution in [2.24, 2.45) is 0 Å². The van der Waals surface area contributed by atoms with Crippen LogP contribution in [0.5, 0.6) is 0 Å². The van der Waals surface area contributed by atoms with Crippen molar-refractivity contribution >= 4 is 11.8 Å². The Morgan fingerprint density at radius 2 is 2.44 bits per heavy atom. The molecule has 1 unspecified atom stereocenters. The SMILES string of the molecule is O=C1CNC(C(=O)NCc2cc[nH]c2)CN1. The zero-order valence-electron chi connectivity index (χ0n) is 8.75. The quantitative estimate of drug-likeness (QED) is 0.514. The third-order valence-corrected chi connectivity index (χ3v) is 2.46. The molecule has 1 fully saturated rings. The van der Waals surface area contributed by atoms with Crippen molar-refractivity contribution in [2.45, 2.75) is 12.6 Å². The summed E-state index contributed by atoms with van der Waals surface area (Å²) >= 11 is 0. The van der Waals surface area contributed by atoms with Crippen LogP contribution in [0.1, 0.15) is 5.56 Å². The highest BCUT2D eigenvalue weighted by molar-refractivity contribution is 5.86. The van der Waals surface area contributed by atoms with Crippen LogP contribution >= 0.6 is 0 Å². The largest absolute Gasteiger partial charge is 0.367 e. The van der Waals surface area contributed by atoms with E-state index in [1.165, 1.54) is 0 Å². The normalized spacial score (nSPS) is 20.2. The molecule has 1 aromatic heterocycles. The van der Waals surface area contributed by atoms with E-state index in [4.69, 9.17) is 0 Å². The molecule has 0 aromatic carbocycles. The van der Waals surface area contributed by atoms with Gasteiger partial charge in [0.1, 0.15) is 6.04 Å². The van der Waals surface area contributed by atoms with E-state index in [1.54, 1.807) is 6.20 Å². The Bertz CT molecular complexity index is 364. The van der Waals surface area contributed by atoms with E-state index >= 15 is 0 Å². The molecule has 1 atom stereocenters. The number of aromatic amines is 1. The molecule has 2 rings (SSSR count). The molecule has 2 amide bonds. The molecular formula is C10H14N4O2. The highest BCUT2D eigenvalue weighted by Gasteiger charge is 2.23. The van der Waals surface area contributed by atoms with Gasteiger partial charge in [0.15, 0.2) is 0 Å². The monoisotopic (exact) mass is 222 g/mol. The van der Waals surface area contributed by atoms with Crippen molar-refractivity contribution in [2.75, 3.05) is 13.1 Å². The minimum absolute atomic E-state index is 0.0744. The summed E-state index contributed by atoms with van der Waals surface area (Å²) in [5.74, 6) is -0.170. The second-order valence-electron chi connectivity index (χ2n) is 3.67. The Hall–Kier alpha value is -1.82. The average Bonchev–Trinajstić information content (AvgIpc) is 2.80. The van der Waals surface area contributed by atoms with E-state index in [2.05, 4.69) is 20.9 Å². The lowest BCUT2D eigenvalue weighted by Crippen LogP contribution is -2.57. The highest BCUT2D eigenvalue weighted by Crippen LogP contribution is 1.96. The van der Waals surface area contributed by atoms with Crippen LogP contribution in [0.3, 0.4) is 0 Å². The zero-order valence-corrected chi connectivity index (χ0v) is 8.75. The van der Waals surface area contributed by atoms with Crippen molar-refractivity contribution < 1.29 is 9.59 Å². The fraction of sp³-hybridized carbons (Fsp3) is 0.400. The van der Waals surface area contributed by atoms with Gasteiger partial charge in [-0.3, -0.25) is 14.9 Å². The number of carbonyl (C=O) groups excluding carboxylic acids is 2. The molecule has 86 valence electrons. The summed E-state index contributed by atoms with van der Waals surface area (Å²) in [4.78, 5) is 25.4. The van der Waals surface area contributed by atoms with Crippen molar-refractivity contribution in [1.29, 1.82) is 0 Å². The van der Waals surface area contributed by atoms with Crippen LogP contribution in [-0.2, 0) is 16.1 Å². The number of hydrogen-bond donors (Lipinski definition) is 4. The summed E-state index contributed by atoms with van der Waals surface area (Å²) in [6.45, 7) is 1.04. The molecule has 0 saturated carbocycles. The molecule has 0 bridgehead atoms. The Balaban J connectivity index is 1.77. The number of piperazine rings is 1. The molecule has 0 radical (unpaired) electrons. The highest BCUT2D eigenvalue weighted by atomic mass is 16.2. The number of hydrogen-bond acceptors (Lipinski definition) is 3. The Kier molecular flexibility index (Phi) is 3.21. The van der Waals surface area contributed by atoms with E-state index in [0.717, 1.165) is 5.56 Å². The summed E-state index contributed by atoms with van der Waals surface area (Å²) < 4.78 is 0. The number of carbonyl (C=O) groups is 2. The smallest absolute Gasteiger partial charge is 0.239 e. The second kappa shape index (κ2) is 4.80. The van der Waals surface area contributed by atoms with Gasteiger partial charge in [0.05, 0.1) is 6.54 Å². The van der Waals surface area contributed by atoms with E-state index in [-0.39, 0.29) is 24.4 Å². The number of rotatable bonds is 3. The first-order valence-corrected chi connectivity index (χ1v) is 5.15. The molecular weight excluding hydrogens is 208 g/mol. The molecule has 6 heteroatoms. The number of nitrogens with one attached hydrogen (secondary N) is 4. The minimum Gasteiger partial charge on any atom is -0.367 e. The van der Waals surface area contributed by atoms with Gasteiger partial charge < -0.3 is 15.6 Å². The lowest BCUT2D eigenvalue weighted by atomic mass is 10.2. The van der Waals surface area contributed by atoms with Gasteiger partial charge in [0, 0.05) is 25.5 Å². The maximum Gasteiger partial charge on any atom is 0.239 e. The molecule has 2 heterocycles. The number of H-pyrrole nitrogens is 1. The Labute approximate surface area is 92.8 Å². The first-order chi connectivity index (χ1) is 7.75. The van der Waals surface area contributed by atoms with Crippen LogP contribution in [0.15, 0.2) is 18.5 Å². The van der Waals surface area contributed by atoms with Crippen LogP contribution in [0.4, 0.5) is 0 Å². The standard InChI is InChI=1S/C10H14N4O2/c15-9-6-12-8(5-13-9)10(16)14-4-7-1-2-11-3-7/h1-3,8,11-12H,4-6H2,(H,13,15)(H,14,16). The van der Waals surface area contributed by atoms with E-state index < -0.39 is 0 Å². The third kappa shape index (κ3) is 2.60. The van der Waals surface area contributed by atoms with Crippen molar-refractivity contribution in [1.82, 2.24) is 20.9 Å². The molecule has 1 aliphatic heterocycles. The molecule has 1 aromatic rings. The van der Waals surface area contributed by atoms with Crippen LogP contribution in [-0.4, -0.2) is 35.9 Å². The summed E-state index contributed by atoms with van der Waals surface area (Å²) in [5, 5.41) is 8.30. The fourth-order valence-corrected chi connectivity index (χ4v) is 1.53. The molecule has 6 nitrogen and oxygen atoms in total. The first kappa shape index (κ1) is 10.7. The topological polar surface area (TPSA) is 86.0 Å². The molecule has 0 aliphatic carbocycles. The van der Waals surface area contributed by atoms with E-state index in [1.807, 2.05) is 12.3 Å². The summed E-state index contributed by atoms with van der Waals surface area (Å²) in [6.07, 6.45) is 3.64. The van der Waals surface area contributed by atoms with Gasteiger partial charge in [-0.2, -0.15) is 0 Å². The van der Waals surface area contributed by atoms with Crippen LogP contribution < -0.4 is 16.0 Å². The third-order valence-electron chi connectivity index (χ3n) is 2.46. The second-order valence-corrected chi connectivity index (χ2v) is 3.67. The maximum atomic E-state index is 11.7. The van der Waals surface area contributed by atoms with Crippen LogP contribution in [0.25, 0.3) is 0 Å². The Morgan fingerprint density at radius 3 is 3.06 bits per heavy atom. The van der Waals surface area contributed by atoms with E-state index in [0.29, 0.717) is 13.1 Å². The summed E-state index contributed by atoms with van der Waals surface area (Å²) in [6, 6.07) is 1.56. The van der Waals surface area contributed by atoms with Crippen LogP contribution in [0, 0.1) is 0 Å². The van der Waals surface area contributed by atoms with Crippen molar-refractivity contribution in [3.8, 4) is 0 Å². The van der Waals surface area contributed by atoms with Gasteiger partial charge in [-0.25, -0.2) is 0 Å². The predicted molar refractivity (Wildman–Crippen MR) is 57.4 cm³/mol. The molecule has 1 saturated heterocycles. The zero-order chi connectivity index (χ0) is 11.4. The maximum absolute atomic E-state index is 11.7. The first-order valence-electron chi connectivity index (χ1n) is 5.15. The molecule has 16 heavy (non-hydrogen) atoms. The summed E-state index contributed by atoms with van der Waals surface area (Å²) in [7, 11) is 0. The van der Waals surface area contributed by atoms with Crippen molar-refractivity contribution in [3.63, 3.8) is 0 Å². The minimum atomic E-state index is -0.336. The van der Waals surface area contributed by atoms with Crippen molar-refractivity contribution in [3.05, 3.63) is 24.0 Å². The van der Waals surface area contributed by atoms with Gasteiger partial charge in [-0.15, -0.1) is 0 Å². The lowest BCUT2D eigenvalue weighted by molar-refractivity contribution is -0.126. The molecule has 0 spiro atoms. The van der Waals surface area contributed by atoms with Gasteiger partial charge in [0.25, 0.3) is 0 Å². The van der Waals surface area contributed by atoms with Crippen LogP contribution in [0.2, 0.25) is 0 Å². The fourth-order valence-electron chi connectivity index (χ4n) is 1.53. The Morgan fingerprint density at radius 1 is 1.56 bits per heavy atom. The lowest BCUT2D eigenvalue weighted by Gasteiger charge is -2.22. The summed E-state index contributed by atoms with van der Waals surface area (Å²) in [5.41, 5.74) is 1.02. The van der Waals surface area contributed by atoms with Gasteiger partial charge in [-0.1, -0.05) is 0 Å². The van der Waals surface area contributed by atoms with Gasteiger partial charge >= 0.3 is 0 Å². The number of amides is 2. The van der Waals surface area contributed by atoms with E-state index in [9.17, 15) is 9.59 Å². The molecule has 1 aliphatic rings.